The molecule has 30 heteroatoms. The van der Waals surface area contributed by atoms with Crippen LogP contribution >= 0.6 is 19.4 Å². The number of hydrogen-bond donors (Lipinski definition) is 3. The maximum atomic E-state index is 15.2. The van der Waals surface area contributed by atoms with Gasteiger partial charge in [-0.3, -0.25) is 22.9 Å². The monoisotopic (exact) mass is 1130 g/mol. The summed E-state index contributed by atoms with van der Waals surface area (Å²) < 4.78 is 187. The molecule has 3 unspecified atom stereocenters. The molecular formula is C44H46ClF10N8O8PS2. The molecular weight excluding hydrogens is 1090 g/mol. The van der Waals surface area contributed by atoms with Crippen LogP contribution in [0, 0.1) is 23.5 Å². The van der Waals surface area contributed by atoms with Crippen LogP contribution in [0.1, 0.15) is 74.1 Å². The summed E-state index contributed by atoms with van der Waals surface area (Å²) >= 11 is 6.67. The molecule has 0 saturated carbocycles. The van der Waals surface area contributed by atoms with E-state index in [-0.39, 0.29) is 37.8 Å². The quantitative estimate of drug-likeness (QED) is 0.0514. The van der Waals surface area contributed by atoms with Crippen molar-refractivity contribution in [2.75, 3.05) is 37.0 Å². The Balaban J connectivity index is 0.00000501. The Bertz CT molecular complexity index is 3100. The van der Waals surface area contributed by atoms with E-state index in [1.165, 1.54) is 32.2 Å². The van der Waals surface area contributed by atoms with Crippen LogP contribution in [0.3, 0.4) is 0 Å². The standard InChI is InChI=1S/C42H40ClF10N8O8PS2.C2H6/c1-39(2,71(4)67)12-10-25-6-7-26(27-8-9-29(43)32-34(27)60(21-41(48,49)50)57-37(32)61(72(5)68)38(63)58(3)14-15-69-70(64,65)66)33(54-25)30(18-22-16-23(44)19-24(45)17-22)55-31(62)20-59-36-28(11-13-40(36,46)47)35(56-59)42(51,52)53;1-2/h6-9,16-17,19,30H,11,13-15,18,20-21H2,1-5H3,(H,55,62)(H2,64,65,66);1-2H3. The van der Waals surface area contributed by atoms with Crippen molar-refractivity contribution >= 4 is 69.9 Å². The van der Waals surface area contributed by atoms with Gasteiger partial charge in [-0.1, -0.05) is 37.4 Å². The van der Waals surface area contributed by atoms with Crippen LogP contribution in [-0.4, -0.2) is 103 Å². The third kappa shape index (κ3) is 14.1. The van der Waals surface area contributed by atoms with Crippen molar-refractivity contribution in [1.82, 2.24) is 34.8 Å². The molecule has 0 bridgehead atoms. The van der Waals surface area contributed by atoms with Gasteiger partial charge >= 0.3 is 26.2 Å². The lowest BCUT2D eigenvalue weighted by molar-refractivity contribution is -0.142. The normalized spacial score (nSPS) is 14.8. The van der Waals surface area contributed by atoms with Crippen molar-refractivity contribution < 1.29 is 80.8 Å². The fourth-order valence-electron chi connectivity index (χ4n) is 7.54. The zero-order valence-corrected chi connectivity index (χ0v) is 43.2. The molecule has 3 atom stereocenters. The van der Waals surface area contributed by atoms with Gasteiger partial charge in [0.2, 0.25) is 5.91 Å². The number of aromatic nitrogens is 5. The molecule has 404 valence electrons. The molecule has 3 aromatic heterocycles. The van der Waals surface area contributed by atoms with Crippen LogP contribution in [0.15, 0.2) is 42.5 Å². The second kappa shape index (κ2) is 22.8. The van der Waals surface area contributed by atoms with Gasteiger partial charge in [-0.15, -0.1) is 0 Å². The highest BCUT2D eigenvalue weighted by atomic mass is 35.5. The third-order valence-corrected chi connectivity index (χ3v) is 14.1. The predicted octanol–water partition coefficient (Wildman–Crippen LogP) is 8.74. The minimum Gasteiger partial charge on any atom is -0.346 e. The molecule has 3 heterocycles. The number of carbonyl (C=O) groups excluding carboxylic acids is 2. The Hall–Kier alpha value is -5.43. The topological polar surface area (TPSA) is 202 Å². The van der Waals surface area contributed by atoms with Crippen LogP contribution in [0.5, 0.6) is 0 Å². The van der Waals surface area contributed by atoms with E-state index in [9.17, 15) is 57.7 Å². The van der Waals surface area contributed by atoms with Gasteiger partial charge in [-0.05, 0) is 68.5 Å². The van der Waals surface area contributed by atoms with E-state index in [1.807, 2.05) is 13.8 Å². The molecule has 3 amide bonds. The van der Waals surface area contributed by atoms with Crippen molar-refractivity contribution in [2.45, 2.75) is 89.1 Å². The number of urea groups is 1. The number of halogens is 11. The van der Waals surface area contributed by atoms with E-state index in [0.717, 1.165) is 42.5 Å². The molecule has 6 rings (SSSR count). The average molecular weight is 1140 g/mol. The molecule has 0 fully saturated rings. The molecule has 5 aromatic rings. The minimum atomic E-state index is -5.22. The summed E-state index contributed by atoms with van der Waals surface area (Å²) in [5.74, 6) is -2.66. The number of phosphoric acid groups is 1. The van der Waals surface area contributed by atoms with E-state index in [1.54, 1.807) is 0 Å². The number of anilines is 1. The van der Waals surface area contributed by atoms with Gasteiger partial charge in [-0.25, -0.2) is 27.3 Å². The first-order valence-electron chi connectivity index (χ1n) is 21.7. The summed E-state index contributed by atoms with van der Waals surface area (Å²) in [5, 5.41) is 8.96. The molecule has 16 nitrogen and oxygen atoms in total. The number of benzene rings is 2. The van der Waals surface area contributed by atoms with Crippen molar-refractivity contribution in [1.29, 1.82) is 0 Å². The van der Waals surface area contributed by atoms with Crippen molar-refractivity contribution in [3.8, 4) is 23.0 Å². The maximum Gasteiger partial charge on any atom is 0.469 e. The molecule has 0 aliphatic heterocycles. The largest absolute Gasteiger partial charge is 0.469 e. The lowest BCUT2D eigenvalue weighted by Gasteiger charge is -2.25. The van der Waals surface area contributed by atoms with Gasteiger partial charge < -0.3 is 20.0 Å². The Kier molecular flexibility index (Phi) is 18.3. The lowest BCUT2D eigenvalue weighted by Crippen LogP contribution is -2.43. The third-order valence-electron chi connectivity index (χ3n) is 10.9. The van der Waals surface area contributed by atoms with Crippen LogP contribution < -0.4 is 9.62 Å². The molecule has 3 N–H and O–H groups in total. The Morgan fingerprint density at radius 2 is 1.61 bits per heavy atom. The van der Waals surface area contributed by atoms with Gasteiger partial charge in [0, 0.05) is 66.1 Å². The summed E-state index contributed by atoms with van der Waals surface area (Å²) in [6.07, 6.45) is -10.4. The number of fused-ring (bicyclic) bond motifs is 2. The first-order valence-corrected chi connectivity index (χ1v) is 26.7. The summed E-state index contributed by atoms with van der Waals surface area (Å²) in [6, 6.07) is 3.96. The van der Waals surface area contributed by atoms with Gasteiger partial charge in [0.05, 0.1) is 34.3 Å². The van der Waals surface area contributed by atoms with E-state index in [0.29, 0.717) is 15.1 Å². The van der Waals surface area contributed by atoms with Crippen molar-refractivity contribution in [3.05, 3.63) is 93.0 Å². The summed E-state index contributed by atoms with van der Waals surface area (Å²) in [7, 11) is -8.02. The molecule has 0 radical (unpaired) electrons. The van der Waals surface area contributed by atoms with Crippen molar-refractivity contribution in [3.63, 3.8) is 0 Å². The average Bonchev–Trinajstić information content (AvgIpc) is 3.93. The van der Waals surface area contributed by atoms with Crippen LogP contribution in [0.25, 0.3) is 22.0 Å². The van der Waals surface area contributed by atoms with Crippen LogP contribution in [0.4, 0.5) is 54.5 Å². The lowest BCUT2D eigenvalue weighted by atomic mass is 9.93. The van der Waals surface area contributed by atoms with Gasteiger partial charge in [0.1, 0.15) is 51.8 Å². The SMILES string of the molecule is CC.CN(CCOP(=O)(O)O)C(=O)N(c1nn(CC(F)(F)F)c2c(-c3ccc(C#CC(C)(C)S(C)=O)nc3C(Cc3cc(F)cc(F)c3)NC(=O)Cn3nc(C(F)(F)F)c4c3C(F)(F)CC4)ccc(Cl)c12)S(C)=O. The molecule has 0 spiro atoms. The predicted molar refractivity (Wildman–Crippen MR) is 253 cm³/mol. The number of pyridine rings is 1. The zero-order chi connectivity index (χ0) is 55.6. The van der Waals surface area contributed by atoms with Crippen molar-refractivity contribution in [2.24, 2.45) is 0 Å². The number of nitrogens with zero attached hydrogens (tertiary/aromatic N) is 7. The minimum absolute atomic E-state index is 0.171. The van der Waals surface area contributed by atoms with Gasteiger partial charge in [0.15, 0.2) is 11.5 Å². The number of amides is 3. The summed E-state index contributed by atoms with van der Waals surface area (Å²) in [6.45, 7) is 2.49. The highest BCUT2D eigenvalue weighted by molar-refractivity contribution is 7.86. The second-order valence-corrected chi connectivity index (χ2v) is 21.4. The summed E-state index contributed by atoms with van der Waals surface area (Å²) in [5.41, 5.74) is -5.50. The van der Waals surface area contributed by atoms with E-state index in [2.05, 4.69) is 36.9 Å². The van der Waals surface area contributed by atoms with E-state index < -0.39 is 161 Å². The van der Waals surface area contributed by atoms with Crippen LogP contribution in [-0.2, 0) is 73.7 Å². The number of alkyl halides is 8. The number of rotatable bonds is 15. The van der Waals surface area contributed by atoms with E-state index in [4.69, 9.17) is 21.4 Å². The second-order valence-electron chi connectivity index (χ2n) is 16.6. The van der Waals surface area contributed by atoms with Gasteiger partial charge in [-0.2, -0.15) is 49.6 Å². The Labute approximate surface area is 426 Å². The first-order chi connectivity index (χ1) is 34.2. The molecule has 0 saturated heterocycles. The highest BCUT2D eigenvalue weighted by Crippen LogP contribution is 2.47. The molecule has 74 heavy (non-hydrogen) atoms. The Morgan fingerprint density at radius 1 is 0.986 bits per heavy atom. The molecule has 2 aromatic carbocycles. The number of carbonyl (C=O) groups is 2. The Morgan fingerprint density at radius 3 is 2.18 bits per heavy atom. The molecule has 1 aliphatic rings. The summed E-state index contributed by atoms with van der Waals surface area (Å²) in [4.78, 5) is 51.5. The number of phosphoric ester groups is 1. The van der Waals surface area contributed by atoms with Crippen LogP contribution in [0.2, 0.25) is 5.02 Å². The fraction of sp³-hybridized carbons (Fsp3) is 0.432. The molecule has 1 aliphatic carbocycles. The smallest absolute Gasteiger partial charge is 0.346 e. The highest BCUT2D eigenvalue weighted by Gasteiger charge is 2.50. The first kappa shape index (κ1) is 59.4. The number of nitrogens with one attached hydrogen (secondary N) is 1. The number of hydrogen-bond acceptors (Lipinski definition) is 9. The zero-order valence-electron chi connectivity index (χ0n) is 40.0. The van der Waals surface area contributed by atoms with Gasteiger partial charge in [0.25, 0.3) is 5.92 Å². The number of likely N-dealkylation sites (N-methyl/N-ethyl adjacent to an activating group) is 1. The van der Waals surface area contributed by atoms with E-state index >= 15 is 8.78 Å². The maximum absolute atomic E-state index is 15.2. The fourth-order valence-corrected chi connectivity index (χ4v) is 9.03.